The molecule has 1 amide bonds. The fourth-order valence-electron chi connectivity index (χ4n) is 1.82. The van der Waals surface area contributed by atoms with Gasteiger partial charge < -0.3 is 10.4 Å². The highest BCUT2D eigenvalue weighted by Crippen LogP contribution is 2.18. The van der Waals surface area contributed by atoms with Crippen LogP contribution < -0.4 is 5.32 Å². The molecule has 0 fully saturated rings. The lowest BCUT2D eigenvalue weighted by molar-refractivity contribution is 0.0940. The lowest BCUT2D eigenvalue weighted by Gasteiger charge is -2.13. The molecule has 2 N–H and O–H groups in total. The van der Waals surface area contributed by atoms with Crippen molar-refractivity contribution >= 4 is 28.5 Å². The van der Waals surface area contributed by atoms with Crippen molar-refractivity contribution < 1.29 is 9.90 Å². The highest BCUT2D eigenvalue weighted by Gasteiger charge is 2.20. The molecule has 5 heteroatoms. The van der Waals surface area contributed by atoms with Crippen molar-refractivity contribution in [2.75, 3.05) is 6.61 Å². The average molecular weight is 344 g/mol. The Morgan fingerprint density at radius 3 is 3.06 bits per heavy atom. The van der Waals surface area contributed by atoms with Gasteiger partial charge in [-0.05, 0) is 35.1 Å². The van der Waals surface area contributed by atoms with Gasteiger partial charge in [0, 0.05) is 34.5 Å². The Hall–Kier alpha value is -0.950. The van der Waals surface area contributed by atoms with Crippen molar-refractivity contribution in [3.8, 4) is 0 Å². The maximum atomic E-state index is 12.0. The number of pyridine rings is 1. The standard InChI is InChI=1S/C12H13IN2O2/c13-11-6-14-4-3-10(11)12(17)15-9-2-1-8(5-9)7-16/h1-4,6,8-9,16H,5,7H2,(H,15,17)/t8-,9+/m0/s1. The van der Waals surface area contributed by atoms with E-state index in [2.05, 4.69) is 32.9 Å². The predicted octanol–water partition coefficient (Wildman–Crippen LogP) is 1.35. The summed E-state index contributed by atoms with van der Waals surface area (Å²) in [4.78, 5) is 15.9. The number of hydrogen-bond donors (Lipinski definition) is 2. The molecule has 0 spiro atoms. The van der Waals surface area contributed by atoms with Gasteiger partial charge >= 0.3 is 0 Å². The van der Waals surface area contributed by atoms with Crippen LogP contribution >= 0.6 is 22.6 Å². The fourth-order valence-corrected chi connectivity index (χ4v) is 2.41. The predicted molar refractivity (Wildman–Crippen MR) is 72.5 cm³/mol. The molecule has 0 unspecified atom stereocenters. The number of hydrogen-bond acceptors (Lipinski definition) is 3. The Labute approximate surface area is 113 Å². The van der Waals surface area contributed by atoms with E-state index < -0.39 is 0 Å². The van der Waals surface area contributed by atoms with Gasteiger partial charge in [-0.15, -0.1) is 0 Å². The molecule has 1 aromatic heterocycles. The number of nitrogens with one attached hydrogen (secondary N) is 1. The maximum Gasteiger partial charge on any atom is 0.252 e. The van der Waals surface area contributed by atoms with Crippen molar-refractivity contribution in [2.24, 2.45) is 5.92 Å². The van der Waals surface area contributed by atoms with Crippen molar-refractivity contribution in [3.05, 3.63) is 39.7 Å². The lowest BCUT2D eigenvalue weighted by atomic mass is 10.1. The summed E-state index contributed by atoms with van der Waals surface area (Å²) >= 11 is 2.09. The molecular formula is C12H13IN2O2. The van der Waals surface area contributed by atoms with Crippen LogP contribution in [0.5, 0.6) is 0 Å². The third-order valence-electron chi connectivity index (χ3n) is 2.74. The number of amides is 1. The number of nitrogens with zero attached hydrogens (tertiary/aromatic N) is 1. The largest absolute Gasteiger partial charge is 0.396 e. The van der Waals surface area contributed by atoms with Crippen LogP contribution in [0, 0.1) is 9.49 Å². The molecule has 0 saturated carbocycles. The Morgan fingerprint density at radius 2 is 2.41 bits per heavy atom. The van der Waals surface area contributed by atoms with Gasteiger partial charge in [0.15, 0.2) is 0 Å². The molecule has 0 bridgehead atoms. The van der Waals surface area contributed by atoms with Gasteiger partial charge in [-0.2, -0.15) is 0 Å². The third kappa shape index (κ3) is 3.04. The van der Waals surface area contributed by atoms with E-state index in [4.69, 9.17) is 5.11 Å². The summed E-state index contributed by atoms with van der Waals surface area (Å²) in [6.07, 6.45) is 7.92. The second-order valence-corrected chi connectivity index (χ2v) is 5.16. The zero-order chi connectivity index (χ0) is 12.3. The normalized spacial score (nSPS) is 22.7. The number of halogens is 1. The number of aliphatic hydroxyl groups is 1. The molecule has 0 aromatic carbocycles. The molecule has 1 aromatic rings. The molecule has 2 atom stereocenters. The van der Waals surface area contributed by atoms with Gasteiger partial charge in [0.2, 0.25) is 0 Å². The molecule has 17 heavy (non-hydrogen) atoms. The fraction of sp³-hybridized carbons (Fsp3) is 0.333. The molecule has 1 heterocycles. The van der Waals surface area contributed by atoms with E-state index >= 15 is 0 Å². The van der Waals surface area contributed by atoms with Gasteiger partial charge in [0.25, 0.3) is 5.91 Å². The summed E-state index contributed by atoms with van der Waals surface area (Å²) in [6.45, 7) is 0.135. The van der Waals surface area contributed by atoms with Gasteiger partial charge in [-0.25, -0.2) is 0 Å². The van der Waals surface area contributed by atoms with E-state index in [1.807, 2.05) is 12.2 Å². The third-order valence-corrected chi connectivity index (χ3v) is 3.60. The Bertz CT molecular complexity index is 448. The minimum absolute atomic E-state index is 0.0172. The van der Waals surface area contributed by atoms with E-state index in [1.54, 1.807) is 18.5 Å². The van der Waals surface area contributed by atoms with Crippen molar-refractivity contribution in [1.82, 2.24) is 10.3 Å². The minimum Gasteiger partial charge on any atom is -0.396 e. The second-order valence-electron chi connectivity index (χ2n) is 4.00. The summed E-state index contributed by atoms with van der Waals surface area (Å²) in [7, 11) is 0. The van der Waals surface area contributed by atoms with Gasteiger partial charge in [-0.3, -0.25) is 9.78 Å². The van der Waals surface area contributed by atoms with Crippen molar-refractivity contribution in [3.63, 3.8) is 0 Å². The Morgan fingerprint density at radius 1 is 1.59 bits per heavy atom. The molecule has 90 valence electrons. The monoisotopic (exact) mass is 344 g/mol. The number of aliphatic hydroxyl groups excluding tert-OH is 1. The van der Waals surface area contributed by atoms with E-state index in [0.29, 0.717) is 5.56 Å². The molecule has 1 aliphatic rings. The highest BCUT2D eigenvalue weighted by atomic mass is 127. The smallest absolute Gasteiger partial charge is 0.252 e. The minimum atomic E-state index is -0.0926. The zero-order valence-corrected chi connectivity index (χ0v) is 11.3. The summed E-state index contributed by atoms with van der Waals surface area (Å²) in [5, 5.41) is 11.9. The summed E-state index contributed by atoms with van der Waals surface area (Å²) in [6, 6.07) is 1.72. The number of aromatic nitrogens is 1. The SMILES string of the molecule is O=C(N[C@@H]1C=C[C@H](CO)C1)c1ccncc1I. The first-order valence-corrected chi connectivity index (χ1v) is 6.48. The van der Waals surface area contributed by atoms with Crippen LogP contribution in [0.1, 0.15) is 16.8 Å². The first-order chi connectivity index (χ1) is 8.20. The van der Waals surface area contributed by atoms with Gasteiger partial charge in [0.05, 0.1) is 5.56 Å². The van der Waals surface area contributed by atoms with Crippen molar-refractivity contribution in [1.29, 1.82) is 0 Å². The lowest BCUT2D eigenvalue weighted by Crippen LogP contribution is -2.33. The molecule has 0 radical (unpaired) electrons. The van der Waals surface area contributed by atoms with Crippen LogP contribution in [-0.2, 0) is 0 Å². The number of carbonyl (C=O) groups is 1. The van der Waals surface area contributed by atoms with Crippen LogP contribution in [0.15, 0.2) is 30.6 Å². The molecule has 2 rings (SSSR count). The van der Waals surface area contributed by atoms with Gasteiger partial charge in [-0.1, -0.05) is 12.2 Å². The summed E-state index contributed by atoms with van der Waals surface area (Å²) in [5.74, 6) is 0.0712. The van der Waals surface area contributed by atoms with Crippen LogP contribution in [0.25, 0.3) is 0 Å². The van der Waals surface area contributed by atoms with Gasteiger partial charge in [0.1, 0.15) is 0 Å². The Balaban J connectivity index is 1.99. The topological polar surface area (TPSA) is 62.2 Å². The van der Waals surface area contributed by atoms with Crippen LogP contribution in [-0.4, -0.2) is 28.6 Å². The molecule has 4 nitrogen and oxygen atoms in total. The maximum absolute atomic E-state index is 12.0. The summed E-state index contributed by atoms with van der Waals surface area (Å²) in [5.41, 5.74) is 0.640. The molecule has 0 aliphatic heterocycles. The second kappa shape index (κ2) is 5.59. The van der Waals surface area contributed by atoms with Crippen LogP contribution in [0.2, 0.25) is 0 Å². The van der Waals surface area contributed by atoms with Crippen LogP contribution in [0.3, 0.4) is 0 Å². The average Bonchev–Trinajstić information content (AvgIpc) is 2.77. The van der Waals surface area contributed by atoms with E-state index in [9.17, 15) is 4.79 Å². The molecular weight excluding hydrogens is 331 g/mol. The van der Waals surface area contributed by atoms with Crippen LogP contribution in [0.4, 0.5) is 0 Å². The first kappa shape index (κ1) is 12.5. The summed E-state index contributed by atoms with van der Waals surface area (Å²) < 4.78 is 0.836. The quantitative estimate of drug-likeness (QED) is 0.643. The number of rotatable bonds is 3. The van der Waals surface area contributed by atoms with Crippen molar-refractivity contribution in [2.45, 2.75) is 12.5 Å². The first-order valence-electron chi connectivity index (χ1n) is 5.40. The van der Waals surface area contributed by atoms with E-state index in [0.717, 1.165) is 9.99 Å². The highest BCUT2D eigenvalue weighted by molar-refractivity contribution is 14.1. The van der Waals surface area contributed by atoms with E-state index in [1.165, 1.54) is 0 Å². The molecule has 1 aliphatic carbocycles. The zero-order valence-electron chi connectivity index (χ0n) is 9.14. The Kier molecular flexibility index (Phi) is 4.11. The number of carbonyl (C=O) groups excluding carboxylic acids is 1. The van der Waals surface area contributed by atoms with E-state index in [-0.39, 0.29) is 24.5 Å². The molecule has 0 saturated heterocycles.